The summed E-state index contributed by atoms with van der Waals surface area (Å²) in [6.45, 7) is 0.0648. The zero-order chi connectivity index (χ0) is 26.6. The van der Waals surface area contributed by atoms with Gasteiger partial charge in [-0.3, -0.25) is 4.79 Å². The summed E-state index contributed by atoms with van der Waals surface area (Å²) in [4.78, 5) is 27.7. The Bertz CT molecular complexity index is 1560. The van der Waals surface area contributed by atoms with Crippen LogP contribution >= 0.6 is 35.0 Å². The van der Waals surface area contributed by atoms with Crippen LogP contribution in [0.4, 0.5) is 11.6 Å². The van der Waals surface area contributed by atoms with E-state index in [1.54, 1.807) is 42.2 Å². The van der Waals surface area contributed by atoms with Crippen molar-refractivity contribution in [2.45, 2.75) is 4.90 Å². The van der Waals surface area contributed by atoms with E-state index in [-0.39, 0.29) is 24.4 Å². The number of carbonyl (C=O) groups is 1. The average molecular weight is 578 g/mol. The van der Waals surface area contributed by atoms with Crippen LogP contribution < -0.4 is 15.4 Å². The molecule has 0 aliphatic heterocycles. The third-order valence-electron chi connectivity index (χ3n) is 5.12. The van der Waals surface area contributed by atoms with Gasteiger partial charge in [0, 0.05) is 56.4 Å². The molecule has 2 heterocycles. The van der Waals surface area contributed by atoms with Crippen molar-refractivity contribution >= 4 is 73.6 Å². The number of amides is 1. The number of sulfonamides is 1. The molecule has 1 amide bonds. The Morgan fingerprint density at radius 3 is 2.46 bits per heavy atom. The Morgan fingerprint density at radius 1 is 1.03 bits per heavy atom. The summed E-state index contributed by atoms with van der Waals surface area (Å²) < 4.78 is 25.0. The van der Waals surface area contributed by atoms with Crippen LogP contribution in [0.3, 0.4) is 0 Å². The van der Waals surface area contributed by atoms with Gasteiger partial charge in [-0.25, -0.2) is 23.1 Å². The Kier molecular flexibility index (Phi) is 8.50. The van der Waals surface area contributed by atoms with Crippen LogP contribution in [0.25, 0.3) is 22.2 Å². The van der Waals surface area contributed by atoms with E-state index in [0.29, 0.717) is 32.5 Å². The van der Waals surface area contributed by atoms with Gasteiger partial charge in [-0.1, -0.05) is 35.3 Å². The molecule has 0 fully saturated rings. The first-order valence-electron chi connectivity index (χ1n) is 10.9. The zero-order valence-electron chi connectivity index (χ0n) is 19.7. The Labute approximate surface area is 228 Å². The second kappa shape index (κ2) is 11.6. The number of anilines is 2. The maximum atomic E-state index is 13.2. The number of rotatable bonds is 9. The number of thioether (sulfide) groups is 1. The van der Waals surface area contributed by atoms with E-state index in [4.69, 9.17) is 23.2 Å². The number of pyridine rings is 1. The molecule has 0 atom stereocenters. The van der Waals surface area contributed by atoms with Gasteiger partial charge >= 0.3 is 0 Å². The lowest BCUT2D eigenvalue weighted by Gasteiger charge is -2.14. The first kappa shape index (κ1) is 27.1. The Balaban J connectivity index is 1.73. The number of nitrogens with one attached hydrogen (secondary N) is 3. The van der Waals surface area contributed by atoms with Gasteiger partial charge in [0.15, 0.2) is 5.65 Å². The van der Waals surface area contributed by atoms with Gasteiger partial charge < -0.3 is 10.6 Å². The fourth-order valence-electron chi connectivity index (χ4n) is 3.47. The van der Waals surface area contributed by atoms with Crippen molar-refractivity contribution in [1.82, 2.24) is 25.0 Å². The number of hydrogen-bond donors (Lipinski definition) is 3. The van der Waals surface area contributed by atoms with E-state index in [1.807, 2.05) is 30.5 Å². The summed E-state index contributed by atoms with van der Waals surface area (Å²) in [6.07, 6.45) is 4.63. The molecule has 0 spiro atoms. The third-order valence-corrected chi connectivity index (χ3v) is 7.20. The SMILES string of the molecule is CSc1cccc(Nc2ncc3cc(-c4c(Cl)cccc4Cl)c(C(=O)NCCNS(C)(=O)=O)nc3n2)c1. The molecular weight excluding hydrogens is 555 g/mol. The molecule has 192 valence electrons. The van der Waals surface area contributed by atoms with Crippen molar-refractivity contribution in [1.29, 1.82) is 0 Å². The number of hydrogen-bond acceptors (Lipinski definition) is 8. The molecule has 3 N–H and O–H groups in total. The van der Waals surface area contributed by atoms with E-state index >= 15 is 0 Å². The van der Waals surface area contributed by atoms with E-state index < -0.39 is 15.9 Å². The Hall–Kier alpha value is -2.96. The normalized spacial score (nSPS) is 11.5. The van der Waals surface area contributed by atoms with Crippen molar-refractivity contribution in [3.63, 3.8) is 0 Å². The number of benzene rings is 2. The van der Waals surface area contributed by atoms with Gasteiger partial charge in [-0.2, -0.15) is 4.98 Å². The average Bonchev–Trinajstić information content (AvgIpc) is 2.85. The highest BCUT2D eigenvalue weighted by atomic mass is 35.5. The van der Waals surface area contributed by atoms with Crippen molar-refractivity contribution in [2.75, 3.05) is 30.9 Å². The zero-order valence-corrected chi connectivity index (χ0v) is 22.9. The summed E-state index contributed by atoms with van der Waals surface area (Å²) in [5.74, 6) is -0.227. The molecule has 0 aliphatic carbocycles. The highest BCUT2D eigenvalue weighted by Gasteiger charge is 2.21. The van der Waals surface area contributed by atoms with Crippen LogP contribution in [0.1, 0.15) is 10.5 Å². The minimum atomic E-state index is -3.39. The Morgan fingerprint density at radius 2 is 1.76 bits per heavy atom. The van der Waals surface area contributed by atoms with Crippen LogP contribution in [0, 0.1) is 0 Å². The van der Waals surface area contributed by atoms with Crippen molar-refractivity contribution in [3.05, 3.63) is 70.5 Å². The lowest BCUT2D eigenvalue weighted by atomic mass is 10.0. The maximum absolute atomic E-state index is 13.2. The van der Waals surface area contributed by atoms with Gasteiger partial charge in [0.25, 0.3) is 5.91 Å². The monoisotopic (exact) mass is 576 g/mol. The summed E-state index contributed by atoms with van der Waals surface area (Å²) in [6, 6.07) is 14.5. The van der Waals surface area contributed by atoms with E-state index in [0.717, 1.165) is 16.8 Å². The van der Waals surface area contributed by atoms with Crippen LogP contribution in [0.2, 0.25) is 10.0 Å². The lowest BCUT2D eigenvalue weighted by Crippen LogP contribution is -2.34. The molecule has 9 nitrogen and oxygen atoms in total. The topological polar surface area (TPSA) is 126 Å². The highest BCUT2D eigenvalue weighted by Crippen LogP contribution is 2.37. The van der Waals surface area contributed by atoms with Crippen LogP contribution in [-0.4, -0.2) is 54.9 Å². The van der Waals surface area contributed by atoms with Gasteiger partial charge in [0.1, 0.15) is 5.69 Å². The first-order chi connectivity index (χ1) is 17.6. The van der Waals surface area contributed by atoms with Crippen molar-refractivity contribution in [3.8, 4) is 11.1 Å². The van der Waals surface area contributed by atoms with Gasteiger partial charge in [-0.05, 0) is 42.7 Å². The van der Waals surface area contributed by atoms with Crippen LogP contribution in [0.5, 0.6) is 0 Å². The molecule has 4 aromatic rings. The minimum absolute atomic E-state index is 0.0195. The molecule has 0 aliphatic rings. The van der Waals surface area contributed by atoms with E-state index in [2.05, 4.69) is 30.3 Å². The largest absolute Gasteiger partial charge is 0.349 e. The number of nitrogens with zero attached hydrogens (tertiary/aromatic N) is 3. The van der Waals surface area contributed by atoms with Gasteiger partial charge in [0.05, 0.1) is 6.26 Å². The van der Waals surface area contributed by atoms with E-state index in [9.17, 15) is 13.2 Å². The fraction of sp³-hybridized carbons (Fsp3) is 0.167. The molecule has 0 bridgehead atoms. The fourth-order valence-corrected chi connectivity index (χ4v) is 5.00. The number of halogens is 2. The molecule has 13 heteroatoms. The second-order valence-electron chi connectivity index (χ2n) is 7.87. The summed E-state index contributed by atoms with van der Waals surface area (Å²) in [5.41, 5.74) is 1.96. The highest BCUT2D eigenvalue weighted by molar-refractivity contribution is 7.98. The molecule has 0 unspecified atom stereocenters. The molecule has 0 saturated heterocycles. The molecule has 0 saturated carbocycles. The maximum Gasteiger partial charge on any atom is 0.270 e. The molecule has 0 radical (unpaired) electrons. The predicted octanol–water partition coefficient (Wildman–Crippen LogP) is 4.74. The summed E-state index contributed by atoms with van der Waals surface area (Å²) in [5, 5.41) is 7.09. The molecule has 4 rings (SSSR count). The first-order valence-corrected chi connectivity index (χ1v) is 14.8. The van der Waals surface area contributed by atoms with Crippen LogP contribution in [0.15, 0.2) is 59.6 Å². The van der Waals surface area contributed by atoms with E-state index in [1.165, 1.54) is 0 Å². The number of fused-ring (bicyclic) bond motifs is 1. The quantitative estimate of drug-likeness (QED) is 0.192. The summed E-state index contributed by atoms with van der Waals surface area (Å²) in [7, 11) is -3.39. The third kappa shape index (κ3) is 6.88. The lowest BCUT2D eigenvalue weighted by molar-refractivity contribution is 0.0950. The predicted molar refractivity (Wildman–Crippen MR) is 149 cm³/mol. The molecule has 2 aromatic carbocycles. The van der Waals surface area contributed by atoms with Crippen LogP contribution in [-0.2, 0) is 10.0 Å². The smallest absolute Gasteiger partial charge is 0.270 e. The molecular formula is C24H22Cl2N6O3S2. The summed E-state index contributed by atoms with van der Waals surface area (Å²) >= 11 is 14.5. The molecule has 37 heavy (non-hydrogen) atoms. The minimum Gasteiger partial charge on any atom is -0.349 e. The van der Waals surface area contributed by atoms with Gasteiger partial charge in [0.2, 0.25) is 16.0 Å². The number of aromatic nitrogens is 3. The van der Waals surface area contributed by atoms with Crippen molar-refractivity contribution < 1.29 is 13.2 Å². The number of carbonyl (C=O) groups excluding carboxylic acids is 1. The standard InChI is InChI=1S/C24H22Cl2N6O3S2/c1-36-16-6-3-5-15(12-16)30-24-28-13-14-11-17(20-18(25)7-4-8-19(20)26)21(31-22(14)32-24)23(33)27-9-10-29-37(2,34)35/h3-8,11-13,29H,9-10H2,1-2H3,(H,27,33)(H,28,30,31,32). The second-order valence-corrected chi connectivity index (χ2v) is 11.4. The van der Waals surface area contributed by atoms with Gasteiger partial charge in [-0.15, -0.1) is 11.8 Å². The van der Waals surface area contributed by atoms with Crippen molar-refractivity contribution in [2.24, 2.45) is 0 Å². The molecule has 2 aromatic heterocycles.